The number of rotatable bonds is 5. The lowest BCUT2D eigenvalue weighted by molar-refractivity contribution is -0.135. The molecule has 0 aliphatic carbocycles. The van der Waals surface area contributed by atoms with Gasteiger partial charge in [0.05, 0.1) is 11.4 Å². The molecule has 8 heteroatoms. The molecule has 0 amide bonds. The van der Waals surface area contributed by atoms with E-state index >= 15 is 0 Å². The molecule has 1 aromatic rings. The second-order valence-electron chi connectivity index (χ2n) is 4.57. The van der Waals surface area contributed by atoms with Crippen LogP contribution in [-0.2, 0) is 15.0 Å². The summed E-state index contributed by atoms with van der Waals surface area (Å²) in [4.78, 5) is 11.0. The first kappa shape index (κ1) is 14.6. The van der Waals surface area contributed by atoms with Gasteiger partial charge in [-0.25, -0.2) is 4.31 Å². The summed E-state index contributed by atoms with van der Waals surface area (Å²) in [6.45, 7) is 0.170. The molecular weight excluding hydrogens is 282 g/mol. The molecule has 0 unspecified atom stereocenters. The Morgan fingerprint density at radius 1 is 1.30 bits per heavy atom. The Morgan fingerprint density at radius 3 is 2.45 bits per heavy atom. The number of nitrogen functional groups attached to an aromatic ring is 1. The summed E-state index contributed by atoms with van der Waals surface area (Å²) < 4.78 is 27.3. The Labute approximate surface area is 117 Å². The van der Waals surface area contributed by atoms with Gasteiger partial charge in [0.1, 0.15) is 6.54 Å². The first-order valence-electron chi connectivity index (χ1n) is 6.27. The highest BCUT2D eigenvalue weighted by Gasteiger charge is 2.33. The van der Waals surface area contributed by atoms with Crippen LogP contribution in [0.25, 0.3) is 0 Å². The van der Waals surface area contributed by atoms with Crippen molar-refractivity contribution in [3.8, 4) is 0 Å². The molecular formula is C12H17N3O4S. The summed E-state index contributed by atoms with van der Waals surface area (Å²) in [7, 11) is -3.87. The zero-order chi connectivity index (χ0) is 14.8. The van der Waals surface area contributed by atoms with Gasteiger partial charge in [0.2, 0.25) is 0 Å². The third kappa shape index (κ3) is 2.86. The maximum Gasteiger partial charge on any atom is 0.324 e. The standard InChI is InChI=1S/C12H17N3O4S/c13-10-5-1-2-6-11(10)15(9-12(16)17)20(18,19)14-7-3-4-8-14/h1-2,5-6H,3-4,7-9,13H2,(H,16,17). The number of aliphatic carboxylic acids is 1. The Morgan fingerprint density at radius 2 is 1.90 bits per heavy atom. The Bertz CT molecular complexity index is 596. The van der Waals surface area contributed by atoms with Gasteiger partial charge in [-0.1, -0.05) is 12.1 Å². The average Bonchev–Trinajstić information content (AvgIpc) is 2.91. The molecule has 2 rings (SSSR count). The maximum atomic E-state index is 12.6. The first-order valence-corrected chi connectivity index (χ1v) is 7.67. The SMILES string of the molecule is Nc1ccccc1N(CC(=O)O)S(=O)(=O)N1CCCC1. The summed E-state index contributed by atoms with van der Waals surface area (Å²) in [6.07, 6.45) is 1.56. The topological polar surface area (TPSA) is 104 Å². The lowest BCUT2D eigenvalue weighted by Crippen LogP contribution is -2.45. The van der Waals surface area contributed by atoms with E-state index in [2.05, 4.69) is 0 Å². The number of hydrogen-bond donors (Lipinski definition) is 2. The number of carboxylic acids is 1. The third-order valence-corrected chi connectivity index (χ3v) is 5.05. The minimum absolute atomic E-state index is 0.196. The average molecular weight is 299 g/mol. The van der Waals surface area contributed by atoms with Crippen molar-refractivity contribution in [1.82, 2.24) is 4.31 Å². The monoisotopic (exact) mass is 299 g/mol. The highest BCUT2D eigenvalue weighted by atomic mass is 32.2. The molecule has 0 aromatic heterocycles. The summed E-state index contributed by atoms with van der Waals surface area (Å²) in [6, 6.07) is 6.34. The quantitative estimate of drug-likeness (QED) is 0.770. The number of benzene rings is 1. The summed E-state index contributed by atoms with van der Waals surface area (Å²) in [5.41, 5.74) is 6.20. The van der Waals surface area contributed by atoms with Gasteiger partial charge >= 0.3 is 16.2 Å². The fourth-order valence-corrected chi connectivity index (χ4v) is 3.87. The molecule has 1 aromatic carbocycles. The van der Waals surface area contributed by atoms with E-state index in [1.54, 1.807) is 18.2 Å². The predicted octanol–water partition coefficient (Wildman–Crippen LogP) is 0.500. The normalized spacial score (nSPS) is 16.2. The van der Waals surface area contributed by atoms with Gasteiger partial charge in [-0.2, -0.15) is 12.7 Å². The van der Waals surface area contributed by atoms with Gasteiger partial charge < -0.3 is 10.8 Å². The minimum atomic E-state index is -3.87. The summed E-state index contributed by atoms with van der Waals surface area (Å²) in [5.74, 6) is -1.23. The molecule has 3 N–H and O–H groups in total. The molecule has 1 aliphatic heterocycles. The second-order valence-corrected chi connectivity index (χ2v) is 6.43. The van der Waals surface area contributed by atoms with Crippen LogP contribution in [0.15, 0.2) is 24.3 Å². The van der Waals surface area contributed by atoms with E-state index in [0.29, 0.717) is 13.1 Å². The highest BCUT2D eigenvalue weighted by Crippen LogP contribution is 2.28. The molecule has 1 aliphatic rings. The predicted molar refractivity (Wildman–Crippen MR) is 75.6 cm³/mol. The van der Waals surface area contributed by atoms with Crippen molar-refractivity contribution < 1.29 is 18.3 Å². The van der Waals surface area contributed by atoms with Crippen LogP contribution in [0.5, 0.6) is 0 Å². The third-order valence-electron chi connectivity index (χ3n) is 3.15. The fraction of sp³-hybridized carbons (Fsp3) is 0.417. The van der Waals surface area contributed by atoms with Crippen LogP contribution in [0, 0.1) is 0 Å². The van der Waals surface area contributed by atoms with Crippen molar-refractivity contribution in [2.45, 2.75) is 12.8 Å². The van der Waals surface area contributed by atoms with Crippen molar-refractivity contribution in [2.24, 2.45) is 0 Å². The number of nitrogens with two attached hydrogens (primary N) is 1. The molecule has 1 heterocycles. The van der Waals surface area contributed by atoms with Crippen LogP contribution in [0.3, 0.4) is 0 Å². The van der Waals surface area contributed by atoms with Crippen molar-refractivity contribution >= 4 is 27.6 Å². The van der Waals surface area contributed by atoms with Crippen LogP contribution in [0.2, 0.25) is 0 Å². The van der Waals surface area contributed by atoms with Crippen LogP contribution >= 0.6 is 0 Å². The number of hydrogen-bond acceptors (Lipinski definition) is 4. The molecule has 0 atom stereocenters. The van der Waals surface area contributed by atoms with E-state index in [1.807, 2.05) is 0 Å². The van der Waals surface area contributed by atoms with E-state index in [1.165, 1.54) is 10.4 Å². The minimum Gasteiger partial charge on any atom is -0.480 e. The van der Waals surface area contributed by atoms with E-state index in [-0.39, 0.29) is 11.4 Å². The highest BCUT2D eigenvalue weighted by molar-refractivity contribution is 7.90. The first-order chi connectivity index (χ1) is 9.43. The van der Waals surface area contributed by atoms with E-state index < -0.39 is 22.7 Å². The van der Waals surface area contributed by atoms with Crippen LogP contribution < -0.4 is 10.0 Å². The van der Waals surface area contributed by atoms with E-state index in [4.69, 9.17) is 10.8 Å². The van der Waals surface area contributed by atoms with Gasteiger partial charge in [0.15, 0.2) is 0 Å². The van der Waals surface area contributed by atoms with Crippen molar-refractivity contribution in [3.05, 3.63) is 24.3 Å². The van der Waals surface area contributed by atoms with Crippen LogP contribution in [0.4, 0.5) is 11.4 Å². The number of anilines is 2. The summed E-state index contributed by atoms with van der Waals surface area (Å²) >= 11 is 0. The maximum absolute atomic E-state index is 12.6. The van der Waals surface area contributed by atoms with Gasteiger partial charge in [-0.3, -0.25) is 4.79 Å². The van der Waals surface area contributed by atoms with Crippen LogP contribution in [0.1, 0.15) is 12.8 Å². The largest absolute Gasteiger partial charge is 0.480 e. The number of para-hydroxylation sites is 2. The number of carboxylic acid groups (broad SMARTS) is 1. The number of carbonyl (C=O) groups is 1. The zero-order valence-corrected chi connectivity index (χ0v) is 11.7. The lowest BCUT2D eigenvalue weighted by atomic mass is 10.3. The molecule has 1 fully saturated rings. The molecule has 0 spiro atoms. The smallest absolute Gasteiger partial charge is 0.324 e. The molecule has 7 nitrogen and oxygen atoms in total. The zero-order valence-electron chi connectivity index (χ0n) is 10.9. The van der Waals surface area contributed by atoms with Crippen molar-refractivity contribution in [1.29, 1.82) is 0 Å². The van der Waals surface area contributed by atoms with Crippen molar-refractivity contribution in [3.63, 3.8) is 0 Å². The Balaban J connectivity index is 2.42. The molecule has 110 valence electrons. The van der Waals surface area contributed by atoms with E-state index in [9.17, 15) is 13.2 Å². The molecule has 0 bridgehead atoms. The Hall–Kier alpha value is -1.80. The van der Waals surface area contributed by atoms with Gasteiger partial charge in [-0.15, -0.1) is 0 Å². The van der Waals surface area contributed by atoms with Gasteiger partial charge in [0.25, 0.3) is 0 Å². The molecule has 0 saturated carbocycles. The molecule has 20 heavy (non-hydrogen) atoms. The molecule has 1 saturated heterocycles. The Kier molecular flexibility index (Phi) is 4.15. The fourth-order valence-electron chi connectivity index (χ4n) is 2.19. The molecule has 0 radical (unpaired) electrons. The van der Waals surface area contributed by atoms with Gasteiger partial charge in [-0.05, 0) is 25.0 Å². The van der Waals surface area contributed by atoms with Crippen molar-refractivity contribution in [2.75, 3.05) is 29.7 Å². The van der Waals surface area contributed by atoms with Crippen LogP contribution in [-0.4, -0.2) is 43.4 Å². The number of nitrogens with zero attached hydrogens (tertiary/aromatic N) is 2. The summed E-state index contributed by atoms with van der Waals surface area (Å²) in [5, 5.41) is 8.98. The lowest BCUT2D eigenvalue weighted by Gasteiger charge is -2.28. The van der Waals surface area contributed by atoms with E-state index in [0.717, 1.165) is 17.1 Å². The van der Waals surface area contributed by atoms with Gasteiger partial charge in [0, 0.05) is 13.1 Å². The second kappa shape index (κ2) is 5.68.